The van der Waals surface area contributed by atoms with Gasteiger partial charge in [-0.1, -0.05) is 44.5 Å². The molecule has 30 heavy (non-hydrogen) atoms. The number of halogens is 1. The summed E-state index contributed by atoms with van der Waals surface area (Å²) >= 11 is 6.00. The Balaban J connectivity index is 2.34. The van der Waals surface area contributed by atoms with Crippen LogP contribution < -0.4 is 10.0 Å². The Hall–Kier alpha value is -2.17. The van der Waals surface area contributed by atoms with Gasteiger partial charge in [0, 0.05) is 6.42 Å². The van der Waals surface area contributed by atoms with Gasteiger partial charge in [-0.2, -0.15) is 15.0 Å². The van der Waals surface area contributed by atoms with Gasteiger partial charge in [0.15, 0.2) is 0 Å². The molecule has 0 amide bonds. The van der Waals surface area contributed by atoms with E-state index in [1.54, 1.807) is 18.2 Å². The molecule has 0 fully saturated rings. The number of phenols is 1. The first-order chi connectivity index (χ1) is 14.0. The monoisotopic (exact) mass is 457 g/mol. The highest BCUT2D eigenvalue weighted by Gasteiger charge is 2.18. The maximum atomic E-state index is 11.7. The number of nitrogens with one attached hydrogen (secondary N) is 2. The van der Waals surface area contributed by atoms with Crippen LogP contribution in [0.3, 0.4) is 0 Å². The fourth-order valence-electron chi connectivity index (χ4n) is 3.03. The van der Waals surface area contributed by atoms with E-state index < -0.39 is 10.0 Å². The van der Waals surface area contributed by atoms with E-state index in [0.29, 0.717) is 30.1 Å². The van der Waals surface area contributed by atoms with Gasteiger partial charge in [-0.25, -0.2) is 8.42 Å². The number of aliphatic hydroxyl groups is 1. The topological polar surface area (TPSA) is 137 Å². The predicted octanol–water partition coefficient (Wildman–Crippen LogP) is 2.77. The molecule has 0 spiro atoms. The molecule has 0 saturated carbocycles. The number of para-hydroxylation sites is 1. The summed E-state index contributed by atoms with van der Waals surface area (Å²) in [5, 5.41) is 23.1. The summed E-state index contributed by atoms with van der Waals surface area (Å²) in [6, 6.07) is 4.80. The molecule has 2 atom stereocenters. The zero-order valence-corrected chi connectivity index (χ0v) is 19.0. The number of aliphatic hydroxyl groups excluding tert-OH is 1. The maximum absolute atomic E-state index is 11.7. The number of hydrogen-bond acceptors (Lipinski definition) is 8. The lowest BCUT2D eigenvalue weighted by Gasteiger charge is -2.19. The second-order valence-electron chi connectivity index (χ2n) is 7.71. The molecular weight excluding hydrogens is 430 g/mol. The molecule has 1 aromatic heterocycles. The van der Waals surface area contributed by atoms with Crippen molar-refractivity contribution in [2.24, 2.45) is 5.92 Å². The van der Waals surface area contributed by atoms with Gasteiger partial charge in [-0.3, -0.25) is 4.72 Å². The molecule has 0 aliphatic rings. The molecule has 1 heterocycles. The third kappa shape index (κ3) is 7.26. The summed E-state index contributed by atoms with van der Waals surface area (Å²) in [7, 11) is -3.59. The van der Waals surface area contributed by atoms with Gasteiger partial charge in [0.1, 0.15) is 11.6 Å². The molecule has 4 N–H and O–H groups in total. The molecule has 0 radical (unpaired) electrons. The zero-order valence-electron chi connectivity index (χ0n) is 17.4. The molecule has 1 aromatic carbocycles. The summed E-state index contributed by atoms with van der Waals surface area (Å²) in [5.41, 5.74) is 0.628. The predicted molar refractivity (Wildman–Crippen MR) is 117 cm³/mol. The molecule has 1 unspecified atom stereocenters. The van der Waals surface area contributed by atoms with Gasteiger partial charge in [-0.05, 0) is 29.9 Å². The van der Waals surface area contributed by atoms with E-state index in [1.165, 1.54) is 0 Å². The molecule has 0 aliphatic carbocycles. The van der Waals surface area contributed by atoms with Crippen molar-refractivity contribution in [2.45, 2.75) is 45.6 Å². The fourth-order valence-corrected chi connectivity index (χ4v) is 3.64. The van der Waals surface area contributed by atoms with Crippen molar-refractivity contribution in [1.29, 1.82) is 0 Å². The van der Waals surface area contributed by atoms with Crippen LogP contribution in [0.5, 0.6) is 5.75 Å². The molecule has 0 bridgehead atoms. The number of aromatic nitrogens is 3. The first kappa shape index (κ1) is 24.1. The molecule has 0 aliphatic heterocycles. The minimum absolute atomic E-state index is 0.00849. The maximum Gasteiger partial charge on any atom is 0.241 e. The third-order valence-electron chi connectivity index (χ3n) is 4.31. The van der Waals surface area contributed by atoms with Crippen LogP contribution in [-0.4, -0.2) is 52.5 Å². The first-order valence-corrected chi connectivity index (χ1v) is 11.8. The smallest absolute Gasteiger partial charge is 0.241 e. The molecule has 11 heteroatoms. The minimum atomic E-state index is -3.59. The lowest BCUT2D eigenvalue weighted by Crippen LogP contribution is -2.27. The van der Waals surface area contributed by atoms with E-state index in [0.717, 1.165) is 6.26 Å². The van der Waals surface area contributed by atoms with Crippen molar-refractivity contribution in [1.82, 2.24) is 15.0 Å². The zero-order chi connectivity index (χ0) is 22.5. The molecule has 166 valence electrons. The van der Waals surface area contributed by atoms with Crippen LogP contribution in [0.2, 0.25) is 5.02 Å². The Kier molecular flexibility index (Phi) is 8.22. The highest BCUT2D eigenvalue weighted by molar-refractivity contribution is 7.91. The van der Waals surface area contributed by atoms with E-state index in [2.05, 4.69) is 25.0 Å². The van der Waals surface area contributed by atoms with Gasteiger partial charge in [0.25, 0.3) is 0 Å². The number of nitrogens with zero attached hydrogens (tertiary/aromatic N) is 3. The molecule has 0 saturated heterocycles. The lowest BCUT2D eigenvalue weighted by atomic mass is 9.96. The number of anilines is 2. The Labute approximate surface area is 182 Å². The van der Waals surface area contributed by atoms with Crippen molar-refractivity contribution in [2.75, 3.05) is 22.9 Å². The summed E-state index contributed by atoms with van der Waals surface area (Å²) in [5.74, 6) is 0.490. The lowest BCUT2D eigenvalue weighted by molar-refractivity contribution is 0.259. The molecule has 2 aromatic rings. The Bertz CT molecular complexity index is 971. The van der Waals surface area contributed by atoms with Crippen LogP contribution in [0.1, 0.15) is 44.5 Å². The van der Waals surface area contributed by atoms with Crippen molar-refractivity contribution in [3.8, 4) is 5.75 Å². The van der Waals surface area contributed by atoms with E-state index in [-0.39, 0.29) is 41.2 Å². The van der Waals surface area contributed by atoms with E-state index in [9.17, 15) is 18.6 Å². The largest absolute Gasteiger partial charge is 0.506 e. The van der Waals surface area contributed by atoms with E-state index in [4.69, 9.17) is 11.6 Å². The fraction of sp³-hybridized carbons (Fsp3) is 0.526. The normalized spacial score (nSPS) is 13.8. The second-order valence-corrected chi connectivity index (χ2v) is 9.86. The highest BCUT2D eigenvalue weighted by Crippen LogP contribution is 2.33. The average Bonchev–Trinajstić information content (AvgIpc) is 2.61. The van der Waals surface area contributed by atoms with Gasteiger partial charge < -0.3 is 15.5 Å². The third-order valence-corrected chi connectivity index (χ3v) is 5.16. The number of rotatable bonds is 10. The van der Waals surface area contributed by atoms with Crippen LogP contribution >= 0.6 is 11.6 Å². The molecule has 9 nitrogen and oxygen atoms in total. The van der Waals surface area contributed by atoms with Crippen molar-refractivity contribution in [3.63, 3.8) is 0 Å². The summed E-state index contributed by atoms with van der Waals surface area (Å²) in [6.45, 7) is 5.81. The van der Waals surface area contributed by atoms with Crippen LogP contribution in [0.15, 0.2) is 18.2 Å². The number of aromatic hydroxyl groups is 1. The average molecular weight is 458 g/mol. The van der Waals surface area contributed by atoms with Gasteiger partial charge >= 0.3 is 0 Å². The number of sulfonamides is 1. The van der Waals surface area contributed by atoms with Crippen molar-refractivity contribution in [3.05, 3.63) is 34.6 Å². The molecule has 2 rings (SSSR count). The van der Waals surface area contributed by atoms with Crippen molar-refractivity contribution >= 4 is 33.5 Å². The summed E-state index contributed by atoms with van der Waals surface area (Å²) < 4.78 is 25.6. The number of phenolic OH excluding ortho intramolecular Hbond substituents is 1. The van der Waals surface area contributed by atoms with E-state index in [1.807, 2.05) is 20.8 Å². The van der Waals surface area contributed by atoms with E-state index >= 15 is 0 Å². The highest BCUT2D eigenvalue weighted by atomic mass is 35.5. The summed E-state index contributed by atoms with van der Waals surface area (Å²) in [6.07, 6.45) is 1.99. The minimum Gasteiger partial charge on any atom is -0.506 e. The van der Waals surface area contributed by atoms with Gasteiger partial charge in [-0.15, -0.1) is 0 Å². The van der Waals surface area contributed by atoms with Gasteiger partial charge in [0.2, 0.25) is 21.9 Å². The number of benzene rings is 1. The second kappa shape index (κ2) is 10.2. The summed E-state index contributed by atoms with van der Waals surface area (Å²) in [4.78, 5) is 12.7. The van der Waals surface area contributed by atoms with Crippen LogP contribution in [0.25, 0.3) is 0 Å². The Morgan fingerprint density at radius 1 is 1.13 bits per heavy atom. The Morgan fingerprint density at radius 2 is 1.80 bits per heavy atom. The van der Waals surface area contributed by atoms with Crippen LogP contribution in [-0.2, 0) is 16.4 Å². The van der Waals surface area contributed by atoms with Crippen LogP contribution in [0.4, 0.5) is 11.9 Å². The van der Waals surface area contributed by atoms with Gasteiger partial charge in [0.05, 0.1) is 23.9 Å². The SMILES string of the molecule is CC(C)C[C@H](CO)Nc1nc(CC(C)c2cccc(Cl)c2O)nc(NS(C)(=O)=O)n1. The number of hydrogen-bond donors (Lipinski definition) is 4. The molecular formula is C19H28ClN5O4S. The van der Waals surface area contributed by atoms with Crippen molar-refractivity contribution < 1.29 is 18.6 Å². The quantitative estimate of drug-likeness (QED) is 0.427. The first-order valence-electron chi connectivity index (χ1n) is 9.56. The standard InChI is InChI=1S/C19H28ClN5O4S/c1-11(2)8-13(10-26)21-18-22-16(23-19(24-18)25-30(4,28)29)9-12(3)14-6-5-7-15(20)17(14)27/h5-7,11-13,26-27H,8-10H2,1-4H3,(H2,21,22,23,24,25)/t12?,13-/m1/s1. The Morgan fingerprint density at radius 3 is 2.40 bits per heavy atom. The van der Waals surface area contributed by atoms with Crippen LogP contribution in [0, 0.1) is 5.92 Å².